The van der Waals surface area contributed by atoms with E-state index < -0.39 is 5.95 Å². The lowest BCUT2D eigenvalue weighted by Crippen LogP contribution is -2.01. The van der Waals surface area contributed by atoms with Crippen molar-refractivity contribution in [3.8, 4) is 11.1 Å². The first-order chi connectivity index (χ1) is 8.70. The van der Waals surface area contributed by atoms with Crippen molar-refractivity contribution < 1.29 is 13.9 Å². The molecule has 0 N–H and O–H groups in total. The second-order valence-corrected chi connectivity index (χ2v) is 4.17. The minimum atomic E-state index is -0.441. The Balaban J connectivity index is 2.12. The molecule has 0 radical (unpaired) electrons. The second kappa shape index (κ2) is 3.91. The van der Waals surface area contributed by atoms with E-state index in [4.69, 9.17) is 0 Å². The highest BCUT2D eigenvalue weighted by molar-refractivity contribution is 5.91. The van der Waals surface area contributed by atoms with Crippen LogP contribution in [0.3, 0.4) is 0 Å². The van der Waals surface area contributed by atoms with Crippen molar-refractivity contribution in [3.63, 3.8) is 0 Å². The number of ether oxygens (including phenoxy) is 1. The third kappa shape index (κ3) is 1.49. The number of rotatable bonds is 1. The number of methoxy groups -OCH3 is 1. The third-order valence-corrected chi connectivity index (χ3v) is 3.19. The summed E-state index contributed by atoms with van der Waals surface area (Å²) in [5.74, 6) is -0.823. The Hall–Kier alpha value is -2.23. The molecule has 0 saturated heterocycles. The van der Waals surface area contributed by atoms with Gasteiger partial charge in [-0.3, -0.25) is 0 Å². The minimum Gasteiger partial charge on any atom is -0.465 e. The van der Waals surface area contributed by atoms with Crippen LogP contribution in [-0.2, 0) is 11.2 Å². The molecule has 0 fully saturated rings. The van der Waals surface area contributed by atoms with Crippen molar-refractivity contribution in [2.75, 3.05) is 7.11 Å². The molecule has 0 spiro atoms. The first-order valence-corrected chi connectivity index (χ1v) is 5.55. The standard InChI is InChI=1S/C14H10FNO2/c1-18-14(17)8-2-3-10-9(6-8)7-12-11(10)4-5-16-13(12)15/h2-6H,7H2,1H3. The maximum Gasteiger partial charge on any atom is 0.337 e. The van der Waals surface area contributed by atoms with Crippen LogP contribution < -0.4 is 0 Å². The van der Waals surface area contributed by atoms with Gasteiger partial charge in [0, 0.05) is 18.2 Å². The van der Waals surface area contributed by atoms with Crippen LogP contribution in [0.25, 0.3) is 11.1 Å². The average Bonchev–Trinajstić information content (AvgIpc) is 2.77. The van der Waals surface area contributed by atoms with Crippen molar-refractivity contribution >= 4 is 5.97 Å². The predicted octanol–water partition coefficient (Wildman–Crippen LogP) is 2.58. The number of carbonyl (C=O) groups excluding carboxylic acids is 1. The molecule has 0 aliphatic heterocycles. The van der Waals surface area contributed by atoms with Gasteiger partial charge in [0.05, 0.1) is 12.7 Å². The molecule has 0 saturated carbocycles. The maximum absolute atomic E-state index is 13.6. The molecule has 2 aromatic rings. The van der Waals surface area contributed by atoms with E-state index in [1.54, 1.807) is 18.2 Å². The normalized spacial score (nSPS) is 11.9. The van der Waals surface area contributed by atoms with Crippen molar-refractivity contribution in [1.82, 2.24) is 4.98 Å². The summed E-state index contributed by atoms with van der Waals surface area (Å²) in [4.78, 5) is 15.1. The summed E-state index contributed by atoms with van der Waals surface area (Å²) >= 11 is 0. The Kier molecular flexibility index (Phi) is 2.37. The number of fused-ring (bicyclic) bond motifs is 3. The van der Waals surface area contributed by atoms with Crippen LogP contribution in [0.15, 0.2) is 30.5 Å². The van der Waals surface area contributed by atoms with Crippen LogP contribution in [-0.4, -0.2) is 18.1 Å². The quantitative estimate of drug-likeness (QED) is 0.487. The van der Waals surface area contributed by atoms with E-state index in [2.05, 4.69) is 9.72 Å². The Morgan fingerprint density at radius 1 is 1.33 bits per heavy atom. The van der Waals surface area contributed by atoms with E-state index in [1.165, 1.54) is 13.3 Å². The molecule has 1 aliphatic rings. The molecule has 0 unspecified atom stereocenters. The van der Waals surface area contributed by atoms with E-state index >= 15 is 0 Å². The average molecular weight is 243 g/mol. The minimum absolute atomic E-state index is 0.382. The summed E-state index contributed by atoms with van der Waals surface area (Å²) in [5, 5.41) is 0. The number of hydrogen-bond acceptors (Lipinski definition) is 3. The number of benzene rings is 1. The SMILES string of the molecule is COC(=O)c1ccc2c(c1)Cc1c-2ccnc1F. The fourth-order valence-corrected chi connectivity index (χ4v) is 2.33. The number of pyridine rings is 1. The van der Waals surface area contributed by atoms with E-state index in [0.717, 1.165) is 16.7 Å². The van der Waals surface area contributed by atoms with Gasteiger partial charge in [-0.05, 0) is 34.9 Å². The zero-order valence-electron chi connectivity index (χ0n) is 9.74. The maximum atomic E-state index is 13.6. The second-order valence-electron chi connectivity index (χ2n) is 4.17. The number of aromatic nitrogens is 1. The lowest BCUT2D eigenvalue weighted by molar-refractivity contribution is 0.0600. The van der Waals surface area contributed by atoms with Gasteiger partial charge in [0.25, 0.3) is 0 Å². The summed E-state index contributed by atoms with van der Waals surface area (Å²) in [6.45, 7) is 0. The van der Waals surface area contributed by atoms with Gasteiger partial charge in [-0.2, -0.15) is 4.39 Å². The Bertz CT molecular complexity index is 652. The molecule has 3 rings (SSSR count). The van der Waals surface area contributed by atoms with Crippen LogP contribution in [0.2, 0.25) is 0 Å². The van der Waals surface area contributed by atoms with Gasteiger partial charge in [0.15, 0.2) is 0 Å². The molecule has 4 heteroatoms. The van der Waals surface area contributed by atoms with E-state index in [9.17, 15) is 9.18 Å². The highest BCUT2D eigenvalue weighted by Crippen LogP contribution is 2.37. The Morgan fingerprint density at radius 2 is 2.17 bits per heavy atom. The Labute approximate surface area is 103 Å². The molecule has 1 aromatic heterocycles. The summed E-state index contributed by atoms with van der Waals surface area (Å²) < 4.78 is 18.2. The monoisotopic (exact) mass is 243 g/mol. The van der Waals surface area contributed by atoms with Gasteiger partial charge in [0.2, 0.25) is 5.95 Å². The zero-order chi connectivity index (χ0) is 12.7. The predicted molar refractivity (Wildman–Crippen MR) is 63.8 cm³/mol. The van der Waals surface area contributed by atoms with Gasteiger partial charge >= 0.3 is 5.97 Å². The molecule has 3 nitrogen and oxygen atoms in total. The molecular weight excluding hydrogens is 233 g/mol. The summed E-state index contributed by atoms with van der Waals surface area (Å²) in [6.07, 6.45) is 1.92. The fraction of sp³-hybridized carbons (Fsp3) is 0.143. The van der Waals surface area contributed by atoms with Crippen molar-refractivity contribution in [1.29, 1.82) is 0 Å². The molecule has 1 aromatic carbocycles. The number of halogens is 1. The van der Waals surface area contributed by atoms with E-state index in [0.29, 0.717) is 17.5 Å². The van der Waals surface area contributed by atoms with Crippen LogP contribution in [0.4, 0.5) is 4.39 Å². The van der Waals surface area contributed by atoms with Crippen molar-refractivity contribution in [2.45, 2.75) is 6.42 Å². The van der Waals surface area contributed by atoms with Crippen LogP contribution in [0.5, 0.6) is 0 Å². The van der Waals surface area contributed by atoms with Crippen molar-refractivity contribution in [3.05, 3.63) is 53.1 Å². The van der Waals surface area contributed by atoms with Gasteiger partial charge < -0.3 is 4.74 Å². The van der Waals surface area contributed by atoms with E-state index in [-0.39, 0.29) is 5.97 Å². The number of hydrogen-bond donors (Lipinski definition) is 0. The van der Waals surface area contributed by atoms with Gasteiger partial charge in [0.1, 0.15) is 0 Å². The first-order valence-electron chi connectivity index (χ1n) is 5.55. The lowest BCUT2D eigenvalue weighted by atomic mass is 10.0. The van der Waals surface area contributed by atoms with Gasteiger partial charge in [-0.25, -0.2) is 9.78 Å². The molecule has 1 heterocycles. The first kappa shape index (κ1) is 10.9. The summed E-state index contributed by atoms with van der Waals surface area (Å²) in [5.41, 5.74) is 3.82. The largest absolute Gasteiger partial charge is 0.465 e. The zero-order valence-corrected chi connectivity index (χ0v) is 9.74. The number of carbonyl (C=O) groups is 1. The molecular formula is C14H10FNO2. The Morgan fingerprint density at radius 3 is 2.94 bits per heavy atom. The smallest absolute Gasteiger partial charge is 0.337 e. The number of esters is 1. The van der Waals surface area contributed by atoms with Crippen LogP contribution in [0.1, 0.15) is 21.5 Å². The molecule has 18 heavy (non-hydrogen) atoms. The molecule has 1 aliphatic carbocycles. The highest BCUT2D eigenvalue weighted by atomic mass is 19.1. The highest BCUT2D eigenvalue weighted by Gasteiger charge is 2.23. The molecule has 0 amide bonds. The summed E-state index contributed by atoms with van der Waals surface area (Å²) in [7, 11) is 1.34. The van der Waals surface area contributed by atoms with Crippen LogP contribution >= 0.6 is 0 Å². The van der Waals surface area contributed by atoms with Crippen molar-refractivity contribution in [2.24, 2.45) is 0 Å². The fourth-order valence-electron chi connectivity index (χ4n) is 2.33. The van der Waals surface area contributed by atoms with Gasteiger partial charge in [-0.1, -0.05) is 6.07 Å². The molecule has 90 valence electrons. The van der Waals surface area contributed by atoms with Crippen LogP contribution in [0, 0.1) is 5.95 Å². The number of nitrogens with zero attached hydrogens (tertiary/aromatic N) is 1. The lowest BCUT2D eigenvalue weighted by Gasteiger charge is -2.03. The molecule has 0 atom stereocenters. The van der Waals surface area contributed by atoms with E-state index in [1.807, 2.05) is 6.07 Å². The third-order valence-electron chi connectivity index (χ3n) is 3.19. The topological polar surface area (TPSA) is 39.2 Å². The molecule has 0 bridgehead atoms. The van der Waals surface area contributed by atoms with Gasteiger partial charge in [-0.15, -0.1) is 0 Å². The summed E-state index contributed by atoms with van der Waals surface area (Å²) in [6, 6.07) is 7.06.